The summed E-state index contributed by atoms with van der Waals surface area (Å²) in [4.78, 5) is 0. The molecule has 0 heterocycles. The Morgan fingerprint density at radius 2 is 0.864 bits per heavy atom. The zero-order chi connectivity index (χ0) is 29.9. The van der Waals surface area contributed by atoms with Crippen molar-refractivity contribution >= 4 is 39.9 Å². The number of benzene rings is 6. The Morgan fingerprint density at radius 1 is 0.409 bits per heavy atom. The van der Waals surface area contributed by atoms with Gasteiger partial charge in [0, 0.05) is 16.0 Å². The number of hydrogen-bond acceptors (Lipinski definition) is 0. The molecule has 0 saturated carbocycles. The minimum atomic E-state index is -0.602. The maximum atomic E-state index is 6.55. The van der Waals surface area contributed by atoms with Crippen molar-refractivity contribution in [1.29, 1.82) is 0 Å². The van der Waals surface area contributed by atoms with Crippen LogP contribution in [0, 0.1) is 0 Å². The highest BCUT2D eigenvalue weighted by Crippen LogP contribution is 2.61. The van der Waals surface area contributed by atoms with Crippen LogP contribution in [-0.4, -0.2) is 0 Å². The van der Waals surface area contributed by atoms with Gasteiger partial charge in [0.2, 0.25) is 0 Å². The highest BCUT2D eigenvalue weighted by Gasteiger charge is 2.49. The van der Waals surface area contributed by atoms with Gasteiger partial charge in [0.15, 0.2) is 0 Å². The lowest BCUT2D eigenvalue weighted by atomic mass is 9.54. The third-order valence-electron chi connectivity index (χ3n) is 8.68. The van der Waals surface area contributed by atoms with Gasteiger partial charge in [-0.15, -0.1) is 0 Å². The van der Waals surface area contributed by atoms with E-state index in [1.54, 1.807) is 0 Å². The quantitative estimate of drug-likeness (QED) is 0.177. The summed E-state index contributed by atoms with van der Waals surface area (Å²) in [5.41, 5.74) is 10.1. The van der Waals surface area contributed by atoms with E-state index in [1.165, 1.54) is 39.0 Å². The van der Waals surface area contributed by atoms with Gasteiger partial charge >= 0.3 is 0 Å². The van der Waals surface area contributed by atoms with Gasteiger partial charge in [-0.25, -0.2) is 0 Å². The lowest BCUT2D eigenvalue weighted by molar-refractivity contribution is 0.587. The van der Waals surface area contributed by atoms with Crippen LogP contribution in [0.25, 0.3) is 16.7 Å². The summed E-state index contributed by atoms with van der Waals surface area (Å²) < 4.78 is 0. The monoisotopic (exact) mass is 604 g/mol. The number of rotatable bonds is 6. The Bertz CT molecular complexity index is 1920. The van der Waals surface area contributed by atoms with Gasteiger partial charge in [-0.1, -0.05) is 175 Å². The first-order chi connectivity index (χ1) is 21.7. The average molecular weight is 606 g/mol. The highest BCUT2D eigenvalue weighted by atomic mass is 35.5. The van der Waals surface area contributed by atoms with Gasteiger partial charge < -0.3 is 0 Å². The first-order valence-corrected chi connectivity index (χ1v) is 15.6. The Hall–Kier alpha value is -4.62. The molecule has 0 aliphatic heterocycles. The van der Waals surface area contributed by atoms with E-state index in [0.717, 1.165) is 21.2 Å². The summed E-state index contributed by atoms with van der Waals surface area (Å²) >= 11 is 13.0. The van der Waals surface area contributed by atoms with Crippen molar-refractivity contribution in [3.8, 4) is 0 Å². The van der Waals surface area contributed by atoms with Crippen molar-refractivity contribution in [2.24, 2.45) is 0 Å². The van der Waals surface area contributed by atoms with Gasteiger partial charge in [-0.3, -0.25) is 0 Å². The first kappa shape index (κ1) is 28.2. The predicted molar refractivity (Wildman–Crippen MR) is 187 cm³/mol. The molecule has 212 valence electrons. The fourth-order valence-electron chi connectivity index (χ4n) is 6.85. The predicted octanol–water partition coefficient (Wildman–Crippen LogP) is 11.8. The Morgan fingerprint density at radius 3 is 1.43 bits per heavy atom. The molecular formula is C42H30Cl2. The second kappa shape index (κ2) is 12.2. The molecule has 0 bridgehead atoms. The van der Waals surface area contributed by atoms with Crippen molar-refractivity contribution < 1.29 is 0 Å². The van der Waals surface area contributed by atoms with E-state index in [0.29, 0.717) is 0 Å². The zero-order valence-electron chi connectivity index (χ0n) is 24.1. The number of allylic oxidation sites excluding steroid dienone is 4. The normalized spacial score (nSPS) is 18.1. The molecule has 0 fully saturated rings. The third-order valence-corrected chi connectivity index (χ3v) is 9.19. The van der Waals surface area contributed by atoms with E-state index < -0.39 is 5.41 Å². The molecule has 0 saturated heterocycles. The molecule has 6 aromatic rings. The zero-order valence-corrected chi connectivity index (χ0v) is 25.6. The van der Waals surface area contributed by atoms with Crippen molar-refractivity contribution in [3.63, 3.8) is 0 Å². The van der Waals surface area contributed by atoms with Crippen molar-refractivity contribution in [1.82, 2.24) is 0 Å². The van der Waals surface area contributed by atoms with E-state index in [2.05, 4.69) is 152 Å². The summed E-state index contributed by atoms with van der Waals surface area (Å²) in [5.74, 6) is -0.0550. The van der Waals surface area contributed by atoms with Crippen LogP contribution in [0.3, 0.4) is 0 Å². The Labute approximate surface area is 269 Å². The van der Waals surface area contributed by atoms with Crippen molar-refractivity contribution in [2.45, 2.75) is 11.3 Å². The second-order valence-corrected chi connectivity index (χ2v) is 12.0. The highest BCUT2D eigenvalue weighted by molar-refractivity contribution is 6.31. The minimum Gasteiger partial charge on any atom is -0.0843 e. The van der Waals surface area contributed by atoms with Crippen LogP contribution in [0.15, 0.2) is 176 Å². The minimum absolute atomic E-state index is 0.0550. The standard InChI is InChI=1S/C42H30Cl2/c43-36-25-21-30(22-26-36)38-29-39(31-13-5-1-6-14-31)42(34-19-11-4-12-20-34,35-23-27-37(44)28-24-35)41(33-17-9-3-10-18-33)40(38)32-15-7-2-8-16-32/h1-29,39H. The molecule has 7 rings (SSSR count). The fourth-order valence-corrected chi connectivity index (χ4v) is 7.10. The maximum Gasteiger partial charge on any atom is 0.0566 e. The third kappa shape index (κ3) is 5.01. The smallest absolute Gasteiger partial charge is 0.0566 e. The van der Waals surface area contributed by atoms with Crippen LogP contribution in [0.2, 0.25) is 10.0 Å². The van der Waals surface area contributed by atoms with Gasteiger partial charge in [0.25, 0.3) is 0 Å². The molecule has 1 aliphatic carbocycles. The van der Waals surface area contributed by atoms with Crippen LogP contribution in [0.4, 0.5) is 0 Å². The van der Waals surface area contributed by atoms with E-state index in [9.17, 15) is 0 Å². The first-order valence-electron chi connectivity index (χ1n) is 14.9. The van der Waals surface area contributed by atoms with Crippen LogP contribution in [0.1, 0.15) is 39.3 Å². The van der Waals surface area contributed by atoms with E-state index in [-0.39, 0.29) is 5.92 Å². The SMILES string of the molecule is Clc1ccc(C2=CC(c3ccccc3)C(c3ccccc3)(c3ccc(Cl)cc3)C(c3ccccc3)=C2c2ccccc2)cc1. The van der Waals surface area contributed by atoms with E-state index in [4.69, 9.17) is 23.2 Å². The number of hydrogen-bond donors (Lipinski definition) is 0. The average Bonchev–Trinajstić information content (AvgIpc) is 3.09. The van der Waals surface area contributed by atoms with Crippen molar-refractivity contribution in [3.05, 3.63) is 219 Å². The molecular weight excluding hydrogens is 575 g/mol. The fraction of sp³-hybridized carbons (Fsp3) is 0.0476. The van der Waals surface area contributed by atoms with E-state index >= 15 is 0 Å². The van der Waals surface area contributed by atoms with Crippen LogP contribution in [0.5, 0.6) is 0 Å². The summed E-state index contributed by atoms with van der Waals surface area (Å²) in [6.45, 7) is 0. The lowest BCUT2D eigenvalue weighted by Crippen LogP contribution is -2.38. The number of halogens is 2. The lowest BCUT2D eigenvalue weighted by Gasteiger charge is -2.48. The Kier molecular flexibility index (Phi) is 7.79. The molecule has 0 aromatic heterocycles. The van der Waals surface area contributed by atoms with Crippen molar-refractivity contribution in [2.75, 3.05) is 0 Å². The largest absolute Gasteiger partial charge is 0.0843 e. The molecule has 6 aromatic carbocycles. The molecule has 0 amide bonds. The van der Waals surface area contributed by atoms with Gasteiger partial charge in [0.05, 0.1) is 5.41 Å². The summed E-state index contributed by atoms with van der Waals surface area (Å²) in [6, 6.07) is 60.2. The molecule has 0 N–H and O–H groups in total. The molecule has 2 heteroatoms. The van der Waals surface area contributed by atoms with E-state index in [1.807, 2.05) is 24.3 Å². The summed E-state index contributed by atoms with van der Waals surface area (Å²) in [7, 11) is 0. The van der Waals surface area contributed by atoms with Crippen LogP contribution < -0.4 is 0 Å². The molecule has 1 aliphatic rings. The Balaban J connectivity index is 1.72. The summed E-state index contributed by atoms with van der Waals surface area (Å²) in [5, 5.41) is 1.44. The maximum absolute atomic E-state index is 6.55. The van der Waals surface area contributed by atoms with Crippen LogP contribution >= 0.6 is 23.2 Å². The van der Waals surface area contributed by atoms with Gasteiger partial charge in [0.1, 0.15) is 0 Å². The topological polar surface area (TPSA) is 0 Å². The van der Waals surface area contributed by atoms with Gasteiger partial charge in [-0.2, -0.15) is 0 Å². The molecule has 44 heavy (non-hydrogen) atoms. The summed E-state index contributed by atoms with van der Waals surface area (Å²) in [6.07, 6.45) is 2.48. The molecule has 0 nitrogen and oxygen atoms in total. The molecule has 2 atom stereocenters. The molecule has 2 unspecified atom stereocenters. The molecule has 0 spiro atoms. The van der Waals surface area contributed by atoms with Gasteiger partial charge in [-0.05, 0) is 74.4 Å². The second-order valence-electron chi connectivity index (χ2n) is 11.1. The molecule has 0 radical (unpaired) electrons. The van der Waals surface area contributed by atoms with Crippen LogP contribution in [-0.2, 0) is 5.41 Å².